The van der Waals surface area contributed by atoms with Gasteiger partial charge in [0.1, 0.15) is 5.75 Å². The van der Waals surface area contributed by atoms with Crippen molar-refractivity contribution in [3.8, 4) is 11.8 Å². The molecule has 1 aromatic rings. The van der Waals surface area contributed by atoms with Gasteiger partial charge in [0.25, 0.3) is 0 Å². The number of carboxylic acid groups (broad SMARTS) is 1. The summed E-state index contributed by atoms with van der Waals surface area (Å²) in [7, 11) is 0. The van der Waals surface area contributed by atoms with Crippen LogP contribution in [0.2, 0.25) is 0 Å². The molecule has 0 aliphatic carbocycles. The summed E-state index contributed by atoms with van der Waals surface area (Å²) in [4.78, 5) is 10.2. The molecule has 0 saturated carbocycles. The van der Waals surface area contributed by atoms with Gasteiger partial charge in [-0.1, -0.05) is 0 Å². The second-order valence-corrected chi connectivity index (χ2v) is 3.00. The van der Waals surface area contributed by atoms with Crippen LogP contribution in [-0.4, -0.2) is 17.7 Å². The van der Waals surface area contributed by atoms with Gasteiger partial charge in [-0.05, 0) is 18.2 Å². The standard InChI is InChI=1S/C10H6F3NO3/c11-10(12,13)8-3-7(17-5-9(15)16)2-1-6(8)4-14/h1-3H,5H2,(H,15,16). The monoisotopic (exact) mass is 245 g/mol. The van der Waals surface area contributed by atoms with Gasteiger partial charge in [0.15, 0.2) is 6.61 Å². The van der Waals surface area contributed by atoms with Gasteiger partial charge in [0.2, 0.25) is 0 Å². The molecule has 0 atom stereocenters. The van der Waals surface area contributed by atoms with Crippen LogP contribution in [0, 0.1) is 11.3 Å². The smallest absolute Gasteiger partial charge is 0.417 e. The number of hydrogen-bond donors (Lipinski definition) is 1. The average Bonchev–Trinajstić information content (AvgIpc) is 2.24. The normalized spacial score (nSPS) is 10.7. The van der Waals surface area contributed by atoms with E-state index in [-0.39, 0.29) is 5.75 Å². The average molecular weight is 245 g/mol. The first-order chi connectivity index (χ1) is 7.84. The zero-order valence-electron chi connectivity index (χ0n) is 8.28. The summed E-state index contributed by atoms with van der Waals surface area (Å²) in [6.45, 7) is -0.747. The fourth-order valence-electron chi connectivity index (χ4n) is 1.09. The summed E-state index contributed by atoms with van der Waals surface area (Å²) in [6.07, 6.45) is -4.69. The summed E-state index contributed by atoms with van der Waals surface area (Å²) in [6, 6.07) is 4.04. The van der Waals surface area contributed by atoms with E-state index in [2.05, 4.69) is 4.74 Å². The van der Waals surface area contributed by atoms with E-state index in [9.17, 15) is 18.0 Å². The van der Waals surface area contributed by atoms with Crippen LogP contribution in [0.25, 0.3) is 0 Å². The summed E-state index contributed by atoms with van der Waals surface area (Å²) < 4.78 is 42.1. The minimum Gasteiger partial charge on any atom is -0.482 e. The molecular weight excluding hydrogens is 239 g/mol. The van der Waals surface area contributed by atoms with Gasteiger partial charge >= 0.3 is 12.1 Å². The highest BCUT2D eigenvalue weighted by Gasteiger charge is 2.34. The van der Waals surface area contributed by atoms with Crippen LogP contribution in [0.3, 0.4) is 0 Å². The first-order valence-electron chi connectivity index (χ1n) is 4.30. The maximum Gasteiger partial charge on any atom is 0.417 e. The highest BCUT2D eigenvalue weighted by Crippen LogP contribution is 2.34. The van der Waals surface area contributed by atoms with E-state index in [4.69, 9.17) is 10.4 Å². The van der Waals surface area contributed by atoms with Crippen molar-refractivity contribution < 1.29 is 27.8 Å². The van der Waals surface area contributed by atoms with Gasteiger partial charge in [-0.25, -0.2) is 4.79 Å². The van der Waals surface area contributed by atoms with Crippen molar-refractivity contribution >= 4 is 5.97 Å². The van der Waals surface area contributed by atoms with E-state index in [1.54, 1.807) is 0 Å². The van der Waals surface area contributed by atoms with Crippen molar-refractivity contribution in [3.63, 3.8) is 0 Å². The predicted molar refractivity (Wildman–Crippen MR) is 49.3 cm³/mol. The highest BCUT2D eigenvalue weighted by atomic mass is 19.4. The Morgan fingerprint density at radius 1 is 1.47 bits per heavy atom. The first-order valence-corrected chi connectivity index (χ1v) is 4.30. The van der Waals surface area contributed by atoms with Crippen LogP contribution < -0.4 is 4.74 Å². The molecular formula is C10H6F3NO3. The molecule has 0 bridgehead atoms. The zero-order valence-corrected chi connectivity index (χ0v) is 8.28. The molecule has 0 radical (unpaired) electrons. The van der Waals surface area contributed by atoms with Crippen molar-refractivity contribution in [1.82, 2.24) is 0 Å². The lowest BCUT2D eigenvalue weighted by Crippen LogP contribution is -2.11. The maximum atomic E-state index is 12.5. The molecule has 0 aliphatic rings. The highest BCUT2D eigenvalue weighted by molar-refractivity contribution is 5.68. The lowest BCUT2D eigenvalue weighted by molar-refractivity contribution is -0.139. The Bertz CT molecular complexity index is 477. The lowest BCUT2D eigenvalue weighted by atomic mass is 10.1. The molecule has 7 heteroatoms. The van der Waals surface area contributed by atoms with Crippen LogP contribution in [0.4, 0.5) is 13.2 Å². The number of nitrogens with zero attached hydrogens (tertiary/aromatic N) is 1. The first kappa shape index (κ1) is 12.8. The molecule has 0 aliphatic heterocycles. The van der Waals surface area contributed by atoms with Crippen molar-refractivity contribution in [2.75, 3.05) is 6.61 Å². The number of nitriles is 1. The van der Waals surface area contributed by atoms with Gasteiger partial charge in [0.05, 0.1) is 17.2 Å². The van der Waals surface area contributed by atoms with Crippen molar-refractivity contribution in [2.24, 2.45) is 0 Å². The summed E-state index contributed by atoms with van der Waals surface area (Å²) in [5.74, 6) is -1.55. The Kier molecular flexibility index (Phi) is 3.58. The SMILES string of the molecule is N#Cc1ccc(OCC(=O)O)cc1C(F)(F)F. The predicted octanol–water partition coefficient (Wildman–Crippen LogP) is 2.04. The molecule has 0 saturated heterocycles. The van der Waals surface area contributed by atoms with Crippen molar-refractivity contribution in [2.45, 2.75) is 6.18 Å². The fourth-order valence-corrected chi connectivity index (χ4v) is 1.09. The van der Waals surface area contributed by atoms with E-state index in [1.807, 2.05) is 0 Å². The van der Waals surface area contributed by atoms with Crippen LogP contribution in [0.1, 0.15) is 11.1 Å². The molecule has 0 unspecified atom stereocenters. The van der Waals surface area contributed by atoms with Gasteiger partial charge < -0.3 is 9.84 Å². The molecule has 0 fully saturated rings. The van der Waals surface area contributed by atoms with Crippen LogP contribution >= 0.6 is 0 Å². The molecule has 0 heterocycles. The number of carbonyl (C=O) groups is 1. The number of aliphatic carboxylic acids is 1. The fraction of sp³-hybridized carbons (Fsp3) is 0.200. The molecule has 17 heavy (non-hydrogen) atoms. The largest absolute Gasteiger partial charge is 0.482 e. The van der Waals surface area contributed by atoms with E-state index < -0.39 is 29.9 Å². The molecule has 1 N–H and O–H groups in total. The molecule has 1 rings (SSSR count). The molecule has 0 aromatic heterocycles. The number of halogens is 3. The molecule has 0 spiro atoms. The van der Waals surface area contributed by atoms with Gasteiger partial charge in [-0.3, -0.25) is 0 Å². The third-order valence-electron chi connectivity index (χ3n) is 1.78. The molecule has 90 valence electrons. The van der Waals surface area contributed by atoms with Crippen LogP contribution in [0.5, 0.6) is 5.75 Å². The quantitative estimate of drug-likeness (QED) is 0.884. The number of hydrogen-bond acceptors (Lipinski definition) is 3. The minimum absolute atomic E-state index is 0.251. The molecule has 4 nitrogen and oxygen atoms in total. The topological polar surface area (TPSA) is 70.3 Å². The van der Waals surface area contributed by atoms with E-state index in [0.717, 1.165) is 12.1 Å². The maximum absolute atomic E-state index is 12.5. The number of carboxylic acids is 1. The summed E-state index contributed by atoms with van der Waals surface area (Å²) in [5.41, 5.74) is -1.69. The third kappa shape index (κ3) is 3.38. The Balaban J connectivity index is 3.06. The molecule has 1 aromatic carbocycles. The Hall–Kier alpha value is -2.23. The number of benzene rings is 1. The van der Waals surface area contributed by atoms with Crippen molar-refractivity contribution in [3.05, 3.63) is 29.3 Å². The van der Waals surface area contributed by atoms with E-state index in [1.165, 1.54) is 6.07 Å². The summed E-state index contributed by atoms with van der Waals surface area (Å²) >= 11 is 0. The van der Waals surface area contributed by atoms with E-state index in [0.29, 0.717) is 6.07 Å². The number of rotatable bonds is 3. The summed E-state index contributed by atoms with van der Waals surface area (Å²) in [5, 5.41) is 16.8. The minimum atomic E-state index is -4.69. The van der Waals surface area contributed by atoms with Crippen molar-refractivity contribution in [1.29, 1.82) is 5.26 Å². The van der Waals surface area contributed by atoms with Gasteiger partial charge in [-0.2, -0.15) is 18.4 Å². The second-order valence-electron chi connectivity index (χ2n) is 3.00. The third-order valence-corrected chi connectivity index (χ3v) is 1.78. The molecule has 0 amide bonds. The lowest BCUT2D eigenvalue weighted by Gasteiger charge is -2.10. The second kappa shape index (κ2) is 4.74. The zero-order chi connectivity index (χ0) is 13.1. The Morgan fingerprint density at radius 3 is 2.59 bits per heavy atom. The van der Waals surface area contributed by atoms with Crippen LogP contribution in [0.15, 0.2) is 18.2 Å². The van der Waals surface area contributed by atoms with E-state index >= 15 is 0 Å². The Labute approximate surface area is 93.8 Å². The number of alkyl halides is 3. The van der Waals surface area contributed by atoms with Crippen LogP contribution in [-0.2, 0) is 11.0 Å². The number of ether oxygens (including phenoxy) is 1. The Morgan fingerprint density at radius 2 is 2.12 bits per heavy atom. The van der Waals surface area contributed by atoms with Gasteiger partial charge in [-0.15, -0.1) is 0 Å². The van der Waals surface area contributed by atoms with Gasteiger partial charge in [0, 0.05) is 0 Å².